The number of aromatic amines is 1. The molecule has 0 aliphatic heterocycles. The molecule has 3 aromatic carbocycles. The fourth-order valence-electron chi connectivity index (χ4n) is 3.81. The van der Waals surface area contributed by atoms with Crippen molar-refractivity contribution in [3.63, 3.8) is 0 Å². The van der Waals surface area contributed by atoms with Crippen molar-refractivity contribution < 1.29 is 13.2 Å². The SMILES string of the molecule is COc1ccc(NS(C)(=O)=O)cc1Nc1c2ccccc2nc2c1[nH]c1ccccc12. The second-order valence-corrected chi connectivity index (χ2v) is 9.06. The van der Waals surface area contributed by atoms with Crippen molar-refractivity contribution >= 4 is 59.9 Å². The van der Waals surface area contributed by atoms with E-state index in [4.69, 9.17) is 9.72 Å². The van der Waals surface area contributed by atoms with Crippen molar-refractivity contribution in [1.29, 1.82) is 0 Å². The normalized spacial score (nSPS) is 11.8. The molecule has 0 atom stereocenters. The molecule has 0 amide bonds. The van der Waals surface area contributed by atoms with Crippen LogP contribution in [-0.2, 0) is 10.0 Å². The van der Waals surface area contributed by atoms with Gasteiger partial charge in [0.2, 0.25) is 10.0 Å². The van der Waals surface area contributed by atoms with Crippen LogP contribution in [0.2, 0.25) is 0 Å². The van der Waals surface area contributed by atoms with Crippen molar-refractivity contribution in [2.24, 2.45) is 0 Å². The van der Waals surface area contributed by atoms with Crippen molar-refractivity contribution in [2.45, 2.75) is 0 Å². The fraction of sp³-hybridized carbons (Fsp3) is 0.0870. The highest BCUT2D eigenvalue weighted by molar-refractivity contribution is 7.92. The number of hydrogen-bond donors (Lipinski definition) is 3. The zero-order valence-corrected chi connectivity index (χ0v) is 17.7. The Bertz CT molecular complexity index is 1560. The Hall–Kier alpha value is -3.78. The van der Waals surface area contributed by atoms with Crippen LogP contribution >= 0.6 is 0 Å². The Morgan fingerprint density at radius 1 is 0.968 bits per heavy atom. The summed E-state index contributed by atoms with van der Waals surface area (Å²) in [6.45, 7) is 0. The third-order valence-corrected chi connectivity index (χ3v) is 5.70. The number of H-pyrrole nitrogens is 1. The van der Waals surface area contributed by atoms with Gasteiger partial charge in [-0.15, -0.1) is 0 Å². The Morgan fingerprint density at radius 2 is 1.71 bits per heavy atom. The maximum atomic E-state index is 11.7. The summed E-state index contributed by atoms with van der Waals surface area (Å²) < 4.78 is 31.4. The topological polar surface area (TPSA) is 96.1 Å². The second-order valence-electron chi connectivity index (χ2n) is 7.31. The molecule has 5 aromatic rings. The highest BCUT2D eigenvalue weighted by Crippen LogP contribution is 2.39. The minimum atomic E-state index is -3.41. The molecule has 0 aliphatic carbocycles. The first-order valence-electron chi connectivity index (χ1n) is 9.65. The highest BCUT2D eigenvalue weighted by Gasteiger charge is 2.16. The Balaban J connectivity index is 1.75. The smallest absolute Gasteiger partial charge is 0.229 e. The standard InChI is InChI=1S/C23H20N4O3S/c1-30-20-12-11-14(27-31(2,28)29)13-19(20)26-22-15-7-3-5-9-17(15)24-21-16-8-4-6-10-18(16)25-23(21)22/h3-13,25,27H,1-2H3,(H,24,26). The van der Waals surface area contributed by atoms with Gasteiger partial charge in [-0.2, -0.15) is 0 Å². The molecule has 0 saturated heterocycles. The maximum Gasteiger partial charge on any atom is 0.229 e. The average molecular weight is 433 g/mol. The summed E-state index contributed by atoms with van der Waals surface area (Å²) in [5, 5.41) is 5.43. The van der Waals surface area contributed by atoms with Gasteiger partial charge >= 0.3 is 0 Å². The van der Waals surface area contributed by atoms with E-state index >= 15 is 0 Å². The number of ether oxygens (including phenoxy) is 1. The number of nitrogens with one attached hydrogen (secondary N) is 3. The van der Waals surface area contributed by atoms with Gasteiger partial charge in [-0.05, 0) is 30.3 Å². The second kappa shape index (κ2) is 7.17. The van der Waals surface area contributed by atoms with Crippen LogP contribution < -0.4 is 14.8 Å². The predicted octanol–water partition coefficient (Wildman–Crippen LogP) is 4.99. The number of rotatable bonds is 5. The fourth-order valence-corrected chi connectivity index (χ4v) is 4.36. The molecule has 0 saturated carbocycles. The van der Waals surface area contributed by atoms with E-state index in [-0.39, 0.29) is 0 Å². The molecule has 0 radical (unpaired) electrons. The molecule has 0 unspecified atom stereocenters. The van der Waals surface area contributed by atoms with Crippen molar-refractivity contribution in [3.8, 4) is 5.75 Å². The van der Waals surface area contributed by atoms with E-state index in [1.165, 1.54) is 0 Å². The number of hydrogen-bond acceptors (Lipinski definition) is 5. The molecule has 8 heteroatoms. The van der Waals surface area contributed by atoms with Crippen LogP contribution in [0.4, 0.5) is 17.1 Å². The quantitative estimate of drug-likeness (QED) is 0.363. The van der Waals surface area contributed by atoms with E-state index in [1.54, 1.807) is 25.3 Å². The number of anilines is 3. The van der Waals surface area contributed by atoms with E-state index in [0.717, 1.165) is 44.8 Å². The van der Waals surface area contributed by atoms with Crippen molar-refractivity contribution in [3.05, 3.63) is 66.7 Å². The first kappa shape index (κ1) is 19.2. The van der Waals surface area contributed by atoms with Crippen LogP contribution in [0.1, 0.15) is 0 Å². The average Bonchev–Trinajstić information content (AvgIpc) is 3.11. The van der Waals surface area contributed by atoms with Crippen LogP contribution in [0, 0.1) is 0 Å². The van der Waals surface area contributed by atoms with Crippen LogP contribution in [0.25, 0.3) is 32.8 Å². The van der Waals surface area contributed by atoms with Gasteiger partial charge in [0.05, 0.1) is 47.0 Å². The zero-order chi connectivity index (χ0) is 21.6. The molecule has 5 rings (SSSR count). The van der Waals surface area contributed by atoms with Gasteiger partial charge < -0.3 is 15.0 Å². The molecule has 2 heterocycles. The summed E-state index contributed by atoms with van der Waals surface area (Å²) in [5.74, 6) is 0.587. The third kappa shape index (κ3) is 3.51. The number of sulfonamides is 1. The minimum absolute atomic E-state index is 0.442. The van der Waals surface area contributed by atoms with Crippen molar-refractivity contribution in [1.82, 2.24) is 9.97 Å². The van der Waals surface area contributed by atoms with Crippen LogP contribution in [0.3, 0.4) is 0 Å². The van der Waals surface area contributed by atoms with Gasteiger partial charge in [-0.3, -0.25) is 4.72 Å². The van der Waals surface area contributed by atoms with E-state index in [1.807, 2.05) is 48.5 Å². The number of aromatic nitrogens is 2. The molecule has 0 bridgehead atoms. The highest BCUT2D eigenvalue weighted by atomic mass is 32.2. The summed E-state index contributed by atoms with van der Waals surface area (Å²) in [4.78, 5) is 8.35. The first-order chi connectivity index (χ1) is 14.9. The molecule has 2 aromatic heterocycles. The molecule has 0 spiro atoms. The molecule has 0 aliphatic rings. The molecule has 7 nitrogen and oxygen atoms in total. The molecule has 31 heavy (non-hydrogen) atoms. The van der Waals surface area contributed by atoms with Crippen LogP contribution in [0.5, 0.6) is 5.75 Å². The maximum absolute atomic E-state index is 11.7. The summed E-state index contributed by atoms with van der Waals surface area (Å²) in [5.41, 5.74) is 5.48. The summed E-state index contributed by atoms with van der Waals surface area (Å²) in [6, 6.07) is 21.0. The molecule has 156 valence electrons. The number of fused-ring (bicyclic) bond motifs is 4. The van der Waals surface area contributed by atoms with Gasteiger partial charge in [0.15, 0.2) is 0 Å². The van der Waals surface area contributed by atoms with Gasteiger partial charge in [0.25, 0.3) is 0 Å². The molecular formula is C23H20N4O3S. The van der Waals surface area contributed by atoms with Gasteiger partial charge in [0, 0.05) is 16.3 Å². The lowest BCUT2D eigenvalue weighted by Gasteiger charge is -2.16. The van der Waals surface area contributed by atoms with E-state index in [2.05, 4.69) is 15.0 Å². The largest absolute Gasteiger partial charge is 0.495 e. The molecule has 3 N–H and O–H groups in total. The lowest BCUT2D eigenvalue weighted by molar-refractivity contribution is 0.417. The number of pyridine rings is 1. The predicted molar refractivity (Wildman–Crippen MR) is 126 cm³/mol. The number of nitrogens with zero attached hydrogens (tertiary/aromatic N) is 1. The number of methoxy groups -OCH3 is 1. The third-order valence-electron chi connectivity index (χ3n) is 5.10. The lowest BCUT2D eigenvalue weighted by Crippen LogP contribution is -2.09. The van der Waals surface area contributed by atoms with Crippen LogP contribution in [-0.4, -0.2) is 31.8 Å². The van der Waals surface area contributed by atoms with Crippen LogP contribution in [0.15, 0.2) is 66.7 Å². The van der Waals surface area contributed by atoms with Gasteiger partial charge in [0.1, 0.15) is 5.75 Å². The minimum Gasteiger partial charge on any atom is -0.495 e. The van der Waals surface area contributed by atoms with E-state index < -0.39 is 10.0 Å². The summed E-state index contributed by atoms with van der Waals surface area (Å²) in [7, 11) is -1.83. The molecule has 0 fully saturated rings. The number of benzene rings is 3. The van der Waals surface area contributed by atoms with Gasteiger partial charge in [-0.1, -0.05) is 36.4 Å². The summed E-state index contributed by atoms with van der Waals surface area (Å²) >= 11 is 0. The lowest BCUT2D eigenvalue weighted by atomic mass is 10.1. The summed E-state index contributed by atoms with van der Waals surface area (Å²) in [6.07, 6.45) is 1.12. The monoisotopic (exact) mass is 432 g/mol. The van der Waals surface area contributed by atoms with Crippen molar-refractivity contribution in [2.75, 3.05) is 23.4 Å². The first-order valence-corrected chi connectivity index (χ1v) is 11.5. The zero-order valence-electron chi connectivity index (χ0n) is 16.9. The molecular weight excluding hydrogens is 412 g/mol. The Morgan fingerprint density at radius 3 is 2.48 bits per heavy atom. The Labute approximate surface area is 179 Å². The number of para-hydroxylation sites is 2. The van der Waals surface area contributed by atoms with Gasteiger partial charge in [-0.25, -0.2) is 13.4 Å². The van der Waals surface area contributed by atoms with E-state index in [9.17, 15) is 8.42 Å². The Kier molecular flexibility index (Phi) is 4.44. The van der Waals surface area contributed by atoms with E-state index in [0.29, 0.717) is 17.1 Å².